The summed E-state index contributed by atoms with van der Waals surface area (Å²) in [6, 6.07) is 24.6. The summed E-state index contributed by atoms with van der Waals surface area (Å²) in [6.07, 6.45) is 2.40. The minimum atomic E-state index is -0.300. The highest BCUT2D eigenvalue weighted by molar-refractivity contribution is 6.02. The van der Waals surface area contributed by atoms with Crippen LogP contribution in [0, 0.1) is 0 Å². The molecule has 0 bridgehead atoms. The molecule has 5 heteroatoms. The summed E-state index contributed by atoms with van der Waals surface area (Å²) in [7, 11) is 0. The second kappa shape index (κ2) is 9.02. The Morgan fingerprint density at radius 2 is 1.76 bits per heavy atom. The lowest BCUT2D eigenvalue weighted by Gasteiger charge is -2.38. The third kappa shape index (κ3) is 4.31. The maximum absolute atomic E-state index is 6.45. The topological polar surface area (TPSA) is 43.3 Å². The fraction of sp³-hybridized carbons (Fsp3) is 0.250. The van der Waals surface area contributed by atoms with Gasteiger partial charge in [0, 0.05) is 17.5 Å². The number of benzene rings is 3. The number of hydrazone groups is 1. The van der Waals surface area contributed by atoms with Crippen molar-refractivity contribution in [2.24, 2.45) is 5.10 Å². The first kappa shape index (κ1) is 21.1. The van der Waals surface area contributed by atoms with Crippen LogP contribution in [-0.4, -0.2) is 23.4 Å². The second-order valence-electron chi connectivity index (χ2n) is 8.51. The summed E-state index contributed by atoms with van der Waals surface area (Å²) in [4.78, 5) is 0. The van der Waals surface area contributed by atoms with Gasteiger partial charge in [0.25, 0.3) is 0 Å². The van der Waals surface area contributed by atoms with Gasteiger partial charge in [-0.25, -0.2) is 5.01 Å². The molecule has 0 saturated heterocycles. The van der Waals surface area contributed by atoms with Gasteiger partial charge < -0.3 is 14.2 Å². The SMILES string of the molecule is C=CCOc1ccc(C2=NN3[C@@H](c4ccc(OC(C)C)cc4)Oc4ccccc4[C@@H]3C2)cc1. The number of fused-ring (bicyclic) bond motifs is 3. The van der Waals surface area contributed by atoms with Crippen molar-refractivity contribution in [3.05, 3.63) is 102 Å². The average molecular weight is 441 g/mol. The highest BCUT2D eigenvalue weighted by Gasteiger charge is 2.40. The molecule has 33 heavy (non-hydrogen) atoms. The molecule has 2 aliphatic rings. The van der Waals surface area contributed by atoms with Gasteiger partial charge in [0.15, 0.2) is 0 Å². The zero-order valence-corrected chi connectivity index (χ0v) is 19.0. The largest absolute Gasteiger partial charge is 0.491 e. The van der Waals surface area contributed by atoms with Crippen molar-refractivity contribution in [1.82, 2.24) is 5.01 Å². The summed E-state index contributed by atoms with van der Waals surface area (Å²) in [6.45, 7) is 8.24. The molecular formula is C28H28N2O3. The van der Waals surface area contributed by atoms with Crippen LogP contribution in [0.15, 0.2) is 90.6 Å². The Kier molecular flexibility index (Phi) is 5.78. The molecule has 0 aliphatic carbocycles. The molecule has 0 saturated carbocycles. The van der Waals surface area contributed by atoms with E-state index in [-0.39, 0.29) is 18.4 Å². The van der Waals surface area contributed by atoms with Crippen LogP contribution in [-0.2, 0) is 0 Å². The van der Waals surface area contributed by atoms with E-state index < -0.39 is 0 Å². The van der Waals surface area contributed by atoms with Crippen molar-refractivity contribution in [1.29, 1.82) is 0 Å². The Bertz CT molecular complexity index is 1150. The van der Waals surface area contributed by atoms with Crippen LogP contribution in [0.5, 0.6) is 17.2 Å². The third-order valence-electron chi connectivity index (χ3n) is 5.79. The maximum Gasteiger partial charge on any atom is 0.213 e. The molecule has 0 aromatic heterocycles. The number of para-hydroxylation sites is 1. The van der Waals surface area contributed by atoms with Crippen molar-refractivity contribution in [2.45, 2.75) is 38.6 Å². The van der Waals surface area contributed by atoms with E-state index in [9.17, 15) is 0 Å². The Balaban J connectivity index is 1.45. The average Bonchev–Trinajstić information content (AvgIpc) is 3.28. The van der Waals surface area contributed by atoms with E-state index in [4.69, 9.17) is 19.3 Å². The van der Waals surface area contributed by atoms with Gasteiger partial charge in [0.05, 0.1) is 17.9 Å². The number of hydrogen-bond donors (Lipinski definition) is 0. The number of ether oxygens (including phenoxy) is 3. The van der Waals surface area contributed by atoms with Crippen molar-refractivity contribution in [3.8, 4) is 17.2 Å². The summed E-state index contributed by atoms with van der Waals surface area (Å²) >= 11 is 0. The van der Waals surface area contributed by atoms with Crippen molar-refractivity contribution >= 4 is 5.71 Å². The maximum atomic E-state index is 6.45. The van der Waals surface area contributed by atoms with Crippen LogP contribution in [0.2, 0.25) is 0 Å². The zero-order valence-electron chi connectivity index (χ0n) is 19.0. The van der Waals surface area contributed by atoms with Gasteiger partial charge in [-0.2, -0.15) is 5.10 Å². The van der Waals surface area contributed by atoms with Crippen LogP contribution >= 0.6 is 0 Å². The third-order valence-corrected chi connectivity index (χ3v) is 5.79. The molecule has 0 spiro atoms. The van der Waals surface area contributed by atoms with Gasteiger partial charge in [-0.3, -0.25) is 0 Å². The van der Waals surface area contributed by atoms with Gasteiger partial charge in [-0.15, -0.1) is 0 Å². The van der Waals surface area contributed by atoms with Gasteiger partial charge in [-0.05, 0) is 74.0 Å². The van der Waals surface area contributed by atoms with Gasteiger partial charge in [-0.1, -0.05) is 30.9 Å². The fourth-order valence-electron chi connectivity index (χ4n) is 4.31. The van der Waals surface area contributed by atoms with Gasteiger partial charge in [0.1, 0.15) is 23.9 Å². The molecular weight excluding hydrogens is 412 g/mol. The first-order valence-corrected chi connectivity index (χ1v) is 11.3. The molecule has 0 fully saturated rings. The summed E-state index contributed by atoms with van der Waals surface area (Å²) in [5.74, 6) is 2.59. The smallest absolute Gasteiger partial charge is 0.213 e. The Hall–Kier alpha value is -3.73. The summed E-state index contributed by atoms with van der Waals surface area (Å²) < 4.78 is 17.9. The molecule has 2 atom stereocenters. The summed E-state index contributed by atoms with van der Waals surface area (Å²) in [5.41, 5.74) is 4.34. The van der Waals surface area contributed by atoms with Crippen molar-refractivity contribution in [2.75, 3.05) is 6.61 Å². The van der Waals surface area contributed by atoms with E-state index in [1.165, 1.54) is 0 Å². The minimum absolute atomic E-state index is 0.123. The number of hydrogen-bond acceptors (Lipinski definition) is 5. The minimum Gasteiger partial charge on any atom is -0.491 e. The summed E-state index contributed by atoms with van der Waals surface area (Å²) in [5, 5.41) is 7.13. The molecule has 3 aromatic rings. The molecule has 168 valence electrons. The zero-order chi connectivity index (χ0) is 22.8. The molecule has 0 amide bonds. The van der Waals surface area contributed by atoms with Crippen LogP contribution in [0.1, 0.15) is 49.2 Å². The first-order valence-electron chi connectivity index (χ1n) is 11.3. The van der Waals surface area contributed by atoms with Crippen LogP contribution in [0.3, 0.4) is 0 Å². The van der Waals surface area contributed by atoms with Gasteiger partial charge >= 0.3 is 0 Å². The van der Waals surface area contributed by atoms with E-state index in [2.05, 4.69) is 48.0 Å². The molecule has 0 unspecified atom stereocenters. The predicted molar refractivity (Wildman–Crippen MR) is 130 cm³/mol. The van der Waals surface area contributed by atoms with E-state index in [0.29, 0.717) is 6.61 Å². The molecule has 5 rings (SSSR count). The molecule has 5 nitrogen and oxygen atoms in total. The number of rotatable bonds is 7. The van der Waals surface area contributed by atoms with Crippen LogP contribution in [0.4, 0.5) is 0 Å². The lowest BCUT2D eigenvalue weighted by atomic mass is 9.96. The van der Waals surface area contributed by atoms with Crippen molar-refractivity contribution in [3.63, 3.8) is 0 Å². The molecule has 3 aromatic carbocycles. The van der Waals surface area contributed by atoms with E-state index >= 15 is 0 Å². The fourth-order valence-corrected chi connectivity index (χ4v) is 4.31. The standard InChI is InChI=1S/C28H28N2O3/c1-4-17-31-22-13-9-20(10-14-22)25-18-26-24-7-5-6-8-27(24)33-28(30(26)29-25)21-11-15-23(16-12-21)32-19(2)3/h4-16,19,26,28H,1,17-18H2,2-3H3/t26-,28+/m0/s1. The Labute approximate surface area is 194 Å². The van der Waals surface area contributed by atoms with E-state index in [1.807, 2.05) is 50.2 Å². The van der Waals surface area contributed by atoms with E-state index in [0.717, 1.165) is 46.1 Å². The predicted octanol–water partition coefficient (Wildman–Crippen LogP) is 6.28. The first-order chi connectivity index (χ1) is 16.1. The molecule has 0 N–H and O–H groups in total. The van der Waals surface area contributed by atoms with Crippen LogP contribution < -0.4 is 14.2 Å². The number of nitrogens with zero attached hydrogens (tertiary/aromatic N) is 2. The van der Waals surface area contributed by atoms with E-state index in [1.54, 1.807) is 6.08 Å². The van der Waals surface area contributed by atoms with Crippen LogP contribution in [0.25, 0.3) is 0 Å². The molecule has 2 heterocycles. The molecule has 2 aliphatic heterocycles. The highest BCUT2D eigenvalue weighted by atomic mass is 16.5. The monoisotopic (exact) mass is 440 g/mol. The highest BCUT2D eigenvalue weighted by Crippen LogP contribution is 2.47. The lowest BCUT2D eigenvalue weighted by Crippen LogP contribution is -2.33. The Morgan fingerprint density at radius 1 is 1.03 bits per heavy atom. The normalized spacial score (nSPS) is 18.8. The molecule has 0 radical (unpaired) electrons. The Morgan fingerprint density at radius 3 is 2.48 bits per heavy atom. The second-order valence-corrected chi connectivity index (χ2v) is 8.51. The quantitative estimate of drug-likeness (QED) is 0.406. The lowest BCUT2D eigenvalue weighted by molar-refractivity contribution is -0.0190. The van der Waals surface area contributed by atoms with Gasteiger partial charge in [0.2, 0.25) is 6.23 Å². The van der Waals surface area contributed by atoms with Crippen molar-refractivity contribution < 1.29 is 14.2 Å².